The molecule has 0 bridgehead atoms. The van der Waals surface area contributed by atoms with E-state index in [1.165, 1.54) is 6.07 Å². The molecule has 1 aromatic rings. The molecule has 1 aliphatic heterocycles. The van der Waals surface area contributed by atoms with Crippen molar-refractivity contribution >= 4 is 11.8 Å². The summed E-state index contributed by atoms with van der Waals surface area (Å²) in [5.41, 5.74) is 0.417. The number of halogens is 3. The third kappa shape index (κ3) is 5.10. The van der Waals surface area contributed by atoms with Crippen molar-refractivity contribution in [3.63, 3.8) is 0 Å². The largest absolute Gasteiger partial charge is 0.432 e. The van der Waals surface area contributed by atoms with E-state index in [2.05, 4.69) is 20.7 Å². The Hall–Kier alpha value is -2.29. The predicted octanol–water partition coefficient (Wildman–Crippen LogP) is 2.06. The highest BCUT2D eigenvalue weighted by Gasteiger charge is 2.31. The molecule has 1 aromatic carbocycles. The Morgan fingerprint density at radius 2 is 2.04 bits per heavy atom. The van der Waals surface area contributed by atoms with Crippen LogP contribution in [-0.2, 0) is 9.59 Å². The number of ether oxygens (including phenoxy) is 1. The van der Waals surface area contributed by atoms with E-state index in [9.17, 15) is 22.8 Å². The van der Waals surface area contributed by atoms with Gasteiger partial charge in [-0.25, -0.2) is 4.39 Å². The topological polar surface area (TPSA) is 79.5 Å². The molecule has 26 heavy (non-hydrogen) atoms. The Kier molecular flexibility index (Phi) is 6.47. The Bertz CT molecular complexity index is 670. The summed E-state index contributed by atoms with van der Waals surface area (Å²) in [7, 11) is 0. The third-order valence-electron chi connectivity index (χ3n) is 4.03. The van der Waals surface area contributed by atoms with Crippen molar-refractivity contribution in [1.29, 1.82) is 0 Å². The fraction of sp³-hybridized carbons (Fsp3) is 0.529. The molecule has 0 saturated carbocycles. The van der Waals surface area contributed by atoms with E-state index in [1.54, 1.807) is 6.92 Å². The SMILES string of the molecule is CC1NC(=O)CC(C(=O)N[C@@H](c2ccc(OC(F)F)c(F)c2)C(C)C)N1. The zero-order valence-corrected chi connectivity index (χ0v) is 14.7. The van der Waals surface area contributed by atoms with Gasteiger partial charge in [0.05, 0.1) is 24.7 Å². The maximum atomic E-state index is 14.0. The fourth-order valence-corrected chi connectivity index (χ4v) is 2.85. The maximum absolute atomic E-state index is 14.0. The molecule has 144 valence electrons. The lowest BCUT2D eigenvalue weighted by Crippen LogP contribution is -2.59. The summed E-state index contributed by atoms with van der Waals surface area (Å²) >= 11 is 0. The molecule has 3 N–H and O–H groups in total. The van der Waals surface area contributed by atoms with Gasteiger partial charge in [0.2, 0.25) is 11.8 Å². The van der Waals surface area contributed by atoms with E-state index in [-0.39, 0.29) is 24.4 Å². The van der Waals surface area contributed by atoms with Gasteiger partial charge in [0, 0.05) is 0 Å². The molecule has 1 saturated heterocycles. The monoisotopic (exact) mass is 373 g/mol. The molecule has 3 atom stereocenters. The molecule has 0 aliphatic carbocycles. The zero-order chi connectivity index (χ0) is 19.4. The zero-order valence-electron chi connectivity index (χ0n) is 14.7. The van der Waals surface area contributed by atoms with E-state index in [4.69, 9.17) is 0 Å². The Morgan fingerprint density at radius 3 is 2.58 bits per heavy atom. The van der Waals surface area contributed by atoms with Crippen molar-refractivity contribution in [1.82, 2.24) is 16.0 Å². The van der Waals surface area contributed by atoms with E-state index in [1.807, 2.05) is 13.8 Å². The van der Waals surface area contributed by atoms with Crippen LogP contribution in [0.15, 0.2) is 18.2 Å². The molecule has 2 amide bonds. The van der Waals surface area contributed by atoms with Crippen LogP contribution in [0.1, 0.15) is 38.8 Å². The van der Waals surface area contributed by atoms with Crippen LogP contribution in [-0.4, -0.2) is 30.6 Å². The first kappa shape index (κ1) is 20.0. The molecule has 0 aromatic heterocycles. The second-order valence-corrected chi connectivity index (χ2v) is 6.51. The van der Waals surface area contributed by atoms with E-state index in [0.29, 0.717) is 5.56 Å². The summed E-state index contributed by atoms with van der Waals surface area (Å²) in [5, 5.41) is 8.40. The van der Waals surface area contributed by atoms with E-state index in [0.717, 1.165) is 12.1 Å². The quantitative estimate of drug-likeness (QED) is 0.713. The first-order chi connectivity index (χ1) is 12.2. The Labute approximate surface area is 149 Å². The van der Waals surface area contributed by atoms with Crippen molar-refractivity contribution in [3.05, 3.63) is 29.6 Å². The number of nitrogens with one attached hydrogen (secondary N) is 3. The number of alkyl halides is 2. The van der Waals surface area contributed by atoms with E-state index < -0.39 is 36.2 Å². The van der Waals surface area contributed by atoms with Crippen LogP contribution in [0, 0.1) is 11.7 Å². The molecule has 1 fully saturated rings. The molecule has 2 rings (SSSR count). The highest BCUT2D eigenvalue weighted by atomic mass is 19.3. The highest BCUT2D eigenvalue weighted by molar-refractivity contribution is 5.89. The van der Waals surface area contributed by atoms with Crippen molar-refractivity contribution < 1.29 is 27.5 Å². The summed E-state index contributed by atoms with van der Waals surface area (Å²) in [6, 6.07) is 2.33. The minimum absolute atomic E-state index is 0.00346. The molecular weight excluding hydrogens is 351 g/mol. The van der Waals surface area contributed by atoms with Gasteiger partial charge in [0.1, 0.15) is 0 Å². The molecule has 0 spiro atoms. The summed E-state index contributed by atoms with van der Waals surface area (Å²) in [6.45, 7) is 2.25. The summed E-state index contributed by atoms with van der Waals surface area (Å²) in [4.78, 5) is 24.1. The van der Waals surface area contributed by atoms with Crippen LogP contribution in [0.2, 0.25) is 0 Å². The van der Waals surface area contributed by atoms with Crippen molar-refractivity contribution in [2.75, 3.05) is 0 Å². The average Bonchev–Trinajstić information content (AvgIpc) is 2.52. The second kappa shape index (κ2) is 8.39. The number of carbonyl (C=O) groups is 2. The normalized spacial score (nSPS) is 21.5. The molecule has 0 radical (unpaired) electrons. The molecular formula is C17H22F3N3O3. The standard InChI is InChI=1S/C17H22F3N3O3/c1-8(2)15(10-4-5-13(11(18)6-10)26-17(19)20)23-16(25)12-7-14(24)22-9(3)21-12/h4-6,8-9,12,15,17,21H,7H2,1-3H3,(H,22,24)(H,23,25)/t9?,12?,15-/m1/s1. The molecule has 1 aliphatic rings. The molecule has 1 heterocycles. The predicted molar refractivity (Wildman–Crippen MR) is 87.9 cm³/mol. The lowest BCUT2D eigenvalue weighted by Gasteiger charge is -2.31. The van der Waals surface area contributed by atoms with Gasteiger partial charge in [-0.2, -0.15) is 8.78 Å². The summed E-state index contributed by atoms with van der Waals surface area (Å²) < 4.78 is 42.6. The van der Waals surface area contributed by atoms with Crippen LogP contribution < -0.4 is 20.7 Å². The third-order valence-corrected chi connectivity index (χ3v) is 4.03. The van der Waals surface area contributed by atoms with E-state index >= 15 is 0 Å². The smallest absolute Gasteiger partial charge is 0.387 e. The number of benzene rings is 1. The van der Waals surface area contributed by atoms with Gasteiger partial charge < -0.3 is 15.4 Å². The summed E-state index contributed by atoms with van der Waals surface area (Å²) in [5.74, 6) is -2.23. The molecule has 2 unspecified atom stereocenters. The van der Waals surface area contributed by atoms with Crippen molar-refractivity contribution in [2.24, 2.45) is 5.92 Å². The van der Waals surface area contributed by atoms with Gasteiger partial charge in [-0.1, -0.05) is 19.9 Å². The van der Waals surface area contributed by atoms with Gasteiger partial charge in [-0.05, 0) is 30.5 Å². The van der Waals surface area contributed by atoms with Gasteiger partial charge >= 0.3 is 6.61 Å². The average molecular weight is 373 g/mol. The number of amides is 2. The van der Waals surface area contributed by atoms with Gasteiger partial charge in [0.15, 0.2) is 11.6 Å². The summed E-state index contributed by atoms with van der Waals surface area (Å²) in [6.07, 6.45) is -0.344. The van der Waals surface area contributed by atoms with Crippen LogP contribution in [0.5, 0.6) is 5.75 Å². The first-order valence-electron chi connectivity index (χ1n) is 8.27. The lowest BCUT2D eigenvalue weighted by atomic mass is 9.95. The van der Waals surface area contributed by atoms with Crippen molar-refractivity contribution in [2.45, 2.75) is 52.1 Å². The number of rotatable bonds is 6. The second-order valence-electron chi connectivity index (χ2n) is 6.51. The molecule has 6 nitrogen and oxygen atoms in total. The molecule has 9 heteroatoms. The minimum Gasteiger partial charge on any atom is -0.432 e. The van der Waals surface area contributed by atoms with Crippen molar-refractivity contribution in [3.8, 4) is 5.75 Å². The van der Waals surface area contributed by atoms with Gasteiger partial charge in [-0.3, -0.25) is 14.9 Å². The first-order valence-corrected chi connectivity index (χ1v) is 8.27. The number of hydrogen-bond donors (Lipinski definition) is 3. The highest BCUT2D eigenvalue weighted by Crippen LogP contribution is 2.27. The van der Waals surface area contributed by atoms with Gasteiger partial charge in [0.25, 0.3) is 0 Å². The van der Waals surface area contributed by atoms with Crippen LogP contribution >= 0.6 is 0 Å². The van der Waals surface area contributed by atoms with Crippen LogP contribution in [0.4, 0.5) is 13.2 Å². The minimum atomic E-state index is -3.12. The number of hydrogen-bond acceptors (Lipinski definition) is 4. The Morgan fingerprint density at radius 1 is 1.35 bits per heavy atom. The lowest BCUT2D eigenvalue weighted by molar-refractivity contribution is -0.132. The fourth-order valence-electron chi connectivity index (χ4n) is 2.85. The van der Waals surface area contributed by atoms with Crippen LogP contribution in [0.3, 0.4) is 0 Å². The van der Waals surface area contributed by atoms with Crippen LogP contribution in [0.25, 0.3) is 0 Å². The number of carbonyl (C=O) groups excluding carboxylic acids is 2. The maximum Gasteiger partial charge on any atom is 0.387 e. The Balaban J connectivity index is 2.14. The van der Waals surface area contributed by atoms with Gasteiger partial charge in [-0.15, -0.1) is 0 Å².